The summed E-state index contributed by atoms with van der Waals surface area (Å²) >= 11 is 1.74. The van der Waals surface area contributed by atoms with Gasteiger partial charge in [-0.2, -0.15) is 0 Å². The van der Waals surface area contributed by atoms with Crippen molar-refractivity contribution in [2.75, 3.05) is 0 Å². The van der Waals surface area contributed by atoms with Crippen molar-refractivity contribution >= 4 is 29.7 Å². The SMILES string of the molecule is CC(Cc1cccs1)NC(=O)C[C@@H]1CCC[C@H]1N.Cl. The summed E-state index contributed by atoms with van der Waals surface area (Å²) in [5.74, 6) is 0.542. The number of rotatable bonds is 5. The van der Waals surface area contributed by atoms with Crippen LogP contribution in [0, 0.1) is 5.92 Å². The van der Waals surface area contributed by atoms with Crippen molar-refractivity contribution in [3.63, 3.8) is 0 Å². The Balaban J connectivity index is 0.00000180. The Kier molecular flexibility index (Phi) is 6.83. The van der Waals surface area contributed by atoms with Crippen LogP contribution in [-0.4, -0.2) is 18.0 Å². The molecule has 1 aromatic heterocycles. The molecular weight excluding hydrogens is 280 g/mol. The van der Waals surface area contributed by atoms with E-state index >= 15 is 0 Å². The predicted molar refractivity (Wildman–Crippen MR) is 82.8 cm³/mol. The number of hydrogen-bond donors (Lipinski definition) is 2. The van der Waals surface area contributed by atoms with E-state index < -0.39 is 0 Å². The topological polar surface area (TPSA) is 55.1 Å². The fourth-order valence-electron chi connectivity index (χ4n) is 2.67. The third kappa shape index (κ3) is 5.13. The van der Waals surface area contributed by atoms with Crippen LogP contribution >= 0.6 is 23.7 Å². The summed E-state index contributed by atoms with van der Waals surface area (Å²) in [5, 5.41) is 5.15. The molecule has 1 aliphatic rings. The zero-order valence-electron chi connectivity index (χ0n) is 11.3. The quantitative estimate of drug-likeness (QED) is 0.879. The molecule has 19 heavy (non-hydrogen) atoms. The van der Waals surface area contributed by atoms with Gasteiger partial charge in [-0.15, -0.1) is 23.7 Å². The third-order valence-electron chi connectivity index (χ3n) is 3.66. The highest BCUT2D eigenvalue weighted by Gasteiger charge is 2.26. The van der Waals surface area contributed by atoms with Crippen LogP contribution in [0.5, 0.6) is 0 Å². The van der Waals surface area contributed by atoms with Crippen LogP contribution in [0.4, 0.5) is 0 Å². The largest absolute Gasteiger partial charge is 0.353 e. The first-order valence-corrected chi connectivity index (χ1v) is 7.60. The van der Waals surface area contributed by atoms with Gasteiger partial charge < -0.3 is 11.1 Å². The predicted octanol–water partition coefficient (Wildman–Crippen LogP) is 2.73. The second-order valence-electron chi connectivity index (χ2n) is 5.31. The maximum Gasteiger partial charge on any atom is 0.220 e. The van der Waals surface area contributed by atoms with Crippen LogP contribution in [0.1, 0.15) is 37.5 Å². The first-order chi connectivity index (χ1) is 8.65. The van der Waals surface area contributed by atoms with E-state index in [0.29, 0.717) is 12.3 Å². The minimum atomic E-state index is 0. The fourth-order valence-corrected chi connectivity index (χ4v) is 3.51. The van der Waals surface area contributed by atoms with Crippen LogP contribution in [0.2, 0.25) is 0 Å². The third-order valence-corrected chi connectivity index (χ3v) is 4.56. The van der Waals surface area contributed by atoms with Gasteiger partial charge in [0.1, 0.15) is 0 Å². The molecule has 0 bridgehead atoms. The number of nitrogens with two attached hydrogens (primary N) is 1. The molecule has 1 fully saturated rings. The van der Waals surface area contributed by atoms with Crippen molar-refractivity contribution in [2.45, 2.75) is 51.1 Å². The lowest BCUT2D eigenvalue weighted by Crippen LogP contribution is -2.37. The van der Waals surface area contributed by atoms with E-state index in [4.69, 9.17) is 5.73 Å². The van der Waals surface area contributed by atoms with Crippen LogP contribution in [0.15, 0.2) is 17.5 Å². The molecule has 1 aromatic rings. The normalized spacial score (nSPS) is 23.7. The molecule has 0 spiro atoms. The molecule has 1 amide bonds. The van der Waals surface area contributed by atoms with Gasteiger partial charge >= 0.3 is 0 Å². The van der Waals surface area contributed by atoms with Crippen molar-refractivity contribution < 1.29 is 4.79 Å². The number of nitrogens with one attached hydrogen (secondary N) is 1. The Hall–Kier alpha value is -0.580. The molecule has 2 rings (SSSR count). The van der Waals surface area contributed by atoms with Crippen molar-refractivity contribution in [2.24, 2.45) is 11.7 Å². The van der Waals surface area contributed by atoms with Gasteiger partial charge in [-0.25, -0.2) is 0 Å². The molecule has 0 aliphatic heterocycles. The van der Waals surface area contributed by atoms with Crippen LogP contribution in [0.3, 0.4) is 0 Å². The number of hydrogen-bond acceptors (Lipinski definition) is 3. The van der Waals surface area contributed by atoms with Crippen LogP contribution in [-0.2, 0) is 11.2 Å². The molecule has 1 unspecified atom stereocenters. The van der Waals surface area contributed by atoms with Crippen LogP contribution in [0.25, 0.3) is 0 Å². The Morgan fingerprint density at radius 3 is 2.95 bits per heavy atom. The summed E-state index contributed by atoms with van der Waals surface area (Å²) in [7, 11) is 0. The molecular formula is C14H23ClN2OS. The second kappa shape index (κ2) is 7.88. The summed E-state index contributed by atoms with van der Waals surface area (Å²) in [6.45, 7) is 2.06. The molecule has 1 aliphatic carbocycles. The minimum Gasteiger partial charge on any atom is -0.353 e. The minimum absolute atomic E-state index is 0. The zero-order valence-corrected chi connectivity index (χ0v) is 12.9. The Labute approximate surface area is 125 Å². The van der Waals surface area contributed by atoms with Crippen molar-refractivity contribution in [1.82, 2.24) is 5.32 Å². The number of amides is 1. The molecule has 1 saturated carbocycles. The van der Waals surface area contributed by atoms with E-state index in [0.717, 1.165) is 19.3 Å². The molecule has 1 heterocycles. The van der Waals surface area contributed by atoms with E-state index in [9.17, 15) is 4.79 Å². The van der Waals surface area contributed by atoms with E-state index in [1.807, 2.05) is 6.07 Å². The fraction of sp³-hybridized carbons (Fsp3) is 0.643. The molecule has 0 aromatic carbocycles. The molecule has 3 N–H and O–H groups in total. The maximum absolute atomic E-state index is 11.9. The first-order valence-electron chi connectivity index (χ1n) is 6.72. The summed E-state index contributed by atoms with van der Waals surface area (Å²) in [4.78, 5) is 13.2. The highest BCUT2D eigenvalue weighted by molar-refractivity contribution is 7.09. The van der Waals surface area contributed by atoms with Crippen molar-refractivity contribution in [1.29, 1.82) is 0 Å². The molecule has 3 atom stereocenters. The molecule has 0 radical (unpaired) electrons. The summed E-state index contributed by atoms with van der Waals surface area (Å²) in [6.07, 6.45) is 4.86. The van der Waals surface area contributed by atoms with E-state index in [-0.39, 0.29) is 30.4 Å². The highest BCUT2D eigenvalue weighted by atomic mass is 35.5. The number of halogens is 1. The zero-order chi connectivity index (χ0) is 13.0. The summed E-state index contributed by atoms with van der Waals surface area (Å²) in [5.41, 5.74) is 5.99. The van der Waals surface area contributed by atoms with Gasteiger partial charge in [-0.3, -0.25) is 4.79 Å². The number of thiophene rings is 1. The van der Waals surface area contributed by atoms with Crippen LogP contribution < -0.4 is 11.1 Å². The summed E-state index contributed by atoms with van der Waals surface area (Å²) < 4.78 is 0. The monoisotopic (exact) mass is 302 g/mol. The van der Waals surface area contributed by atoms with Crippen molar-refractivity contribution in [3.05, 3.63) is 22.4 Å². The van der Waals surface area contributed by atoms with Gasteiger partial charge in [0.25, 0.3) is 0 Å². The lowest BCUT2D eigenvalue weighted by molar-refractivity contribution is -0.122. The lowest BCUT2D eigenvalue weighted by Gasteiger charge is -2.17. The molecule has 3 nitrogen and oxygen atoms in total. The van der Waals surface area contributed by atoms with E-state index in [1.165, 1.54) is 11.3 Å². The number of carbonyl (C=O) groups excluding carboxylic acids is 1. The smallest absolute Gasteiger partial charge is 0.220 e. The molecule has 0 saturated heterocycles. The average molecular weight is 303 g/mol. The highest BCUT2D eigenvalue weighted by Crippen LogP contribution is 2.26. The maximum atomic E-state index is 11.9. The Morgan fingerprint density at radius 1 is 1.58 bits per heavy atom. The first kappa shape index (κ1) is 16.5. The summed E-state index contributed by atoms with van der Waals surface area (Å²) in [6, 6.07) is 4.59. The van der Waals surface area contributed by atoms with Gasteiger partial charge in [-0.05, 0) is 37.1 Å². The van der Waals surface area contributed by atoms with Gasteiger partial charge in [0.2, 0.25) is 5.91 Å². The van der Waals surface area contributed by atoms with Gasteiger partial charge in [-0.1, -0.05) is 12.5 Å². The standard InChI is InChI=1S/C14H22N2OS.ClH/c1-10(8-12-5-3-7-18-12)16-14(17)9-11-4-2-6-13(11)15;/h3,5,7,10-11,13H,2,4,6,8-9,15H2,1H3,(H,16,17);1H/t10?,11-,13+;/m0./s1. The molecule has 108 valence electrons. The average Bonchev–Trinajstić information content (AvgIpc) is 2.91. The van der Waals surface area contributed by atoms with Gasteiger partial charge in [0.15, 0.2) is 0 Å². The van der Waals surface area contributed by atoms with Gasteiger partial charge in [0, 0.05) is 29.8 Å². The number of carbonyl (C=O) groups is 1. The molecule has 5 heteroatoms. The Bertz CT molecular complexity index is 383. The second-order valence-corrected chi connectivity index (χ2v) is 6.34. The van der Waals surface area contributed by atoms with E-state index in [2.05, 4.69) is 23.7 Å². The van der Waals surface area contributed by atoms with Gasteiger partial charge in [0.05, 0.1) is 0 Å². The van der Waals surface area contributed by atoms with E-state index in [1.54, 1.807) is 11.3 Å². The Morgan fingerprint density at radius 2 is 2.37 bits per heavy atom. The lowest BCUT2D eigenvalue weighted by atomic mass is 9.99. The van der Waals surface area contributed by atoms with Crippen molar-refractivity contribution in [3.8, 4) is 0 Å².